The normalized spacial score (nSPS) is 12.2. The van der Waals surface area contributed by atoms with Crippen LogP contribution in [-0.2, 0) is 0 Å². The summed E-state index contributed by atoms with van der Waals surface area (Å²) in [6.07, 6.45) is 0. The number of nitro benzene ring substituents is 1. The fraction of sp³-hybridized carbons (Fsp3) is 0.455. The van der Waals surface area contributed by atoms with Crippen LogP contribution in [-0.4, -0.2) is 22.5 Å². The van der Waals surface area contributed by atoms with Crippen molar-refractivity contribution < 1.29 is 9.31 Å². The maximum atomic E-state index is 13.4. The number of halogens is 2. The predicted octanol–water partition coefficient (Wildman–Crippen LogP) is 3.89. The second-order valence-electron chi connectivity index (χ2n) is 3.75. The highest BCUT2D eigenvalue weighted by Crippen LogP contribution is 2.29. The average molecular weight is 384 g/mol. The molecule has 1 aromatic carbocycles. The Kier molecular flexibility index (Phi) is 6.13. The molecule has 0 aliphatic carbocycles. The van der Waals surface area contributed by atoms with E-state index in [2.05, 4.69) is 5.32 Å². The van der Waals surface area contributed by atoms with E-state index in [9.17, 15) is 14.5 Å². The van der Waals surface area contributed by atoms with Crippen molar-refractivity contribution >= 4 is 45.7 Å². The number of hydrogen-bond donors (Lipinski definition) is 1. The van der Waals surface area contributed by atoms with Crippen molar-refractivity contribution in [3.8, 4) is 0 Å². The van der Waals surface area contributed by atoms with Gasteiger partial charge in [-0.05, 0) is 35.3 Å². The Labute approximate surface area is 123 Å². The molecule has 0 radical (unpaired) electrons. The van der Waals surface area contributed by atoms with Gasteiger partial charge in [-0.3, -0.25) is 10.1 Å². The van der Waals surface area contributed by atoms with Gasteiger partial charge in [0.1, 0.15) is 11.5 Å². The number of nitrogens with zero attached hydrogens (tertiary/aromatic N) is 1. The Balaban J connectivity index is 2.93. The smallest absolute Gasteiger partial charge is 0.293 e. The van der Waals surface area contributed by atoms with E-state index in [1.807, 2.05) is 13.8 Å². The summed E-state index contributed by atoms with van der Waals surface area (Å²) in [5, 5.41) is 13.9. The molecule has 0 aliphatic rings. The summed E-state index contributed by atoms with van der Waals surface area (Å²) in [6.45, 7) is 3.96. The van der Waals surface area contributed by atoms with E-state index >= 15 is 0 Å². The second kappa shape index (κ2) is 7.13. The van der Waals surface area contributed by atoms with Crippen molar-refractivity contribution in [2.45, 2.75) is 19.9 Å². The van der Waals surface area contributed by atoms with Crippen molar-refractivity contribution in [1.82, 2.24) is 0 Å². The molecule has 100 valence electrons. The molecule has 0 saturated carbocycles. The van der Waals surface area contributed by atoms with Gasteiger partial charge in [0.15, 0.2) is 0 Å². The van der Waals surface area contributed by atoms with Crippen LogP contribution < -0.4 is 5.32 Å². The first-order valence-electron chi connectivity index (χ1n) is 5.43. The van der Waals surface area contributed by atoms with Crippen molar-refractivity contribution in [1.29, 1.82) is 0 Å². The van der Waals surface area contributed by atoms with Gasteiger partial charge >= 0.3 is 0 Å². The second-order valence-corrected chi connectivity index (χ2v) is 6.23. The van der Waals surface area contributed by atoms with Gasteiger partial charge in [0.25, 0.3) is 5.69 Å². The van der Waals surface area contributed by atoms with E-state index in [0.29, 0.717) is 0 Å². The molecule has 0 spiro atoms. The molecule has 0 fully saturated rings. The van der Waals surface area contributed by atoms with Crippen molar-refractivity contribution in [3.63, 3.8) is 0 Å². The monoisotopic (exact) mass is 384 g/mol. The SMILES string of the molecule is CCSCC(C)Nc1cc(F)c(I)cc1[N+](=O)[O-]. The molecule has 1 N–H and O–H groups in total. The first-order valence-corrected chi connectivity index (χ1v) is 7.66. The first kappa shape index (κ1) is 15.5. The fourth-order valence-electron chi connectivity index (χ4n) is 1.40. The van der Waals surface area contributed by atoms with Gasteiger partial charge in [0.05, 0.1) is 8.49 Å². The largest absolute Gasteiger partial charge is 0.376 e. The minimum absolute atomic E-state index is 0.0492. The molecule has 0 aliphatic heterocycles. The van der Waals surface area contributed by atoms with Crippen LogP contribution in [0.2, 0.25) is 0 Å². The summed E-state index contributed by atoms with van der Waals surface area (Å²) in [5.74, 6) is 1.36. The Bertz CT molecular complexity index is 445. The molecular formula is C11H14FIN2O2S. The van der Waals surface area contributed by atoms with E-state index in [1.54, 1.807) is 34.4 Å². The van der Waals surface area contributed by atoms with E-state index in [0.717, 1.165) is 11.5 Å². The van der Waals surface area contributed by atoms with E-state index < -0.39 is 10.7 Å². The molecule has 18 heavy (non-hydrogen) atoms. The third kappa shape index (κ3) is 4.27. The van der Waals surface area contributed by atoms with Crippen molar-refractivity contribution in [2.24, 2.45) is 0 Å². The summed E-state index contributed by atoms with van der Waals surface area (Å²) < 4.78 is 13.7. The molecule has 0 saturated heterocycles. The number of nitrogens with one attached hydrogen (secondary N) is 1. The molecule has 1 atom stereocenters. The van der Waals surface area contributed by atoms with Gasteiger partial charge < -0.3 is 5.32 Å². The highest BCUT2D eigenvalue weighted by Gasteiger charge is 2.18. The number of anilines is 1. The van der Waals surface area contributed by atoms with Crippen LogP contribution >= 0.6 is 34.4 Å². The highest BCUT2D eigenvalue weighted by atomic mass is 127. The number of thioether (sulfide) groups is 1. The van der Waals surface area contributed by atoms with Crippen molar-refractivity contribution in [2.75, 3.05) is 16.8 Å². The standard InChI is InChI=1S/C11H14FIN2O2S/c1-3-18-6-7(2)14-10-4-8(12)9(13)5-11(10)15(16)17/h4-5,7,14H,3,6H2,1-2H3. The molecule has 0 bridgehead atoms. The van der Waals surface area contributed by atoms with E-state index in [4.69, 9.17) is 0 Å². The molecule has 7 heteroatoms. The topological polar surface area (TPSA) is 55.2 Å². The zero-order valence-electron chi connectivity index (χ0n) is 10.1. The third-order valence-corrected chi connectivity index (χ3v) is 4.18. The van der Waals surface area contributed by atoms with E-state index in [1.165, 1.54) is 12.1 Å². The third-order valence-electron chi connectivity index (χ3n) is 2.21. The summed E-state index contributed by atoms with van der Waals surface area (Å²) in [4.78, 5) is 10.4. The maximum Gasteiger partial charge on any atom is 0.293 e. The molecule has 1 unspecified atom stereocenters. The maximum absolute atomic E-state index is 13.4. The molecular weight excluding hydrogens is 370 g/mol. The first-order chi connectivity index (χ1) is 8.45. The average Bonchev–Trinajstić information content (AvgIpc) is 2.30. The lowest BCUT2D eigenvalue weighted by Gasteiger charge is -2.15. The Morgan fingerprint density at radius 2 is 2.28 bits per heavy atom. The lowest BCUT2D eigenvalue weighted by atomic mass is 10.2. The highest BCUT2D eigenvalue weighted by molar-refractivity contribution is 14.1. The Morgan fingerprint density at radius 1 is 1.61 bits per heavy atom. The molecule has 1 rings (SSSR count). The van der Waals surface area contributed by atoms with Crippen LogP contribution in [0.25, 0.3) is 0 Å². The molecule has 1 aromatic rings. The quantitative estimate of drug-likeness (QED) is 0.459. The van der Waals surface area contributed by atoms with Gasteiger partial charge in [-0.1, -0.05) is 6.92 Å². The molecule has 0 amide bonds. The van der Waals surface area contributed by atoms with Crippen LogP contribution in [0, 0.1) is 19.5 Å². The molecule has 4 nitrogen and oxygen atoms in total. The fourth-order valence-corrected chi connectivity index (χ4v) is 2.53. The summed E-state index contributed by atoms with van der Waals surface area (Å²) >= 11 is 3.47. The predicted molar refractivity (Wildman–Crippen MR) is 81.9 cm³/mol. The zero-order chi connectivity index (χ0) is 13.7. The molecule has 0 heterocycles. The van der Waals surface area contributed by atoms with Crippen LogP contribution in [0.3, 0.4) is 0 Å². The van der Waals surface area contributed by atoms with Crippen molar-refractivity contribution in [3.05, 3.63) is 31.6 Å². The van der Waals surface area contributed by atoms with Crippen LogP contribution in [0.5, 0.6) is 0 Å². The zero-order valence-corrected chi connectivity index (χ0v) is 13.0. The van der Waals surface area contributed by atoms with Crippen LogP contribution in [0.1, 0.15) is 13.8 Å². The van der Waals surface area contributed by atoms with Gasteiger partial charge in [0.2, 0.25) is 0 Å². The van der Waals surface area contributed by atoms with Gasteiger partial charge in [-0.25, -0.2) is 4.39 Å². The number of nitro groups is 1. The van der Waals surface area contributed by atoms with Gasteiger partial charge in [0, 0.05) is 23.9 Å². The minimum Gasteiger partial charge on any atom is -0.376 e. The molecule has 0 aromatic heterocycles. The number of benzene rings is 1. The van der Waals surface area contributed by atoms with Gasteiger partial charge in [-0.2, -0.15) is 11.8 Å². The van der Waals surface area contributed by atoms with E-state index in [-0.39, 0.29) is 21.0 Å². The summed E-state index contributed by atoms with van der Waals surface area (Å²) in [7, 11) is 0. The van der Waals surface area contributed by atoms with Crippen LogP contribution in [0.15, 0.2) is 12.1 Å². The Hall–Kier alpha value is -0.570. The lowest BCUT2D eigenvalue weighted by molar-refractivity contribution is -0.384. The summed E-state index contributed by atoms with van der Waals surface area (Å²) in [5.41, 5.74) is 0.149. The number of rotatable bonds is 6. The number of hydrogen-bond acceptors (Lipinski definition) is 4. The lowest BCUT2D eigenvalue weighted by Crippen LogP contribution is -2.19. The summed E-state index contributed by atoms with van der Waals surface area (Å²) in [6, 6.07) is 2.48. The minimum atomic E-state index is -0.496. The Morgan fingerprint density at radius 3 is 2.83 bits per heavy atom. The van der Waals surface area contributed by atoms with Gasteiger partial charge in [-0.15, -0.1) is 0 Å². The van der Waals surface area contributed by atoms with Crippen LogP contribution in [0.4, 0.5) is 15.8 Å².